The number of ether oxygens (including phenoxy) is 1. The number of nitrogens with zero attached hydrogens (tertiary/aromatic N) is 1. The number of anilines is 1. The SMILES string of the molecule is CCOC(=O)c1ccc(NC(=O)C[n+]2cc(=O)o[nH]2)cc1. The van der Waals surface area contributed by atoms with E-state index in [-0.39, 0.29) is 12.5 Å². The molecule has 0 fully saturated rings. The van der Waals surface area contributed by atoms with Crippen LogP contribution >= 0.6 is 0 Å². The second-order valence-corrected chi connectivity index (χ2v) is 4.12. The van der Waals surface area contributed by atoms with Crippen molar-refractivity contribution < 1.29 is 23.5 Å². The Labute approximate surface area is 119 Å². The first kappa shape index (κ1) is 14.5. The number of esters is 1. The molecule has 0 atom stereocenters. The summed E-state index contributed by atoms with van der Waals surface area (Å²) < 4.78 is 10.5. The maximum absolute atomic E-state index is 11.7. The van der Waals surface area contributed by atoms with E-state index in [1.54, 1.807) is 31.2 Å². The third-order valence-corrected chi connectivity index (χ3v) is 2.52. The molecule has 0 saturated heterocycles. The van der Waals surface area contributed by atoms with Crippen LogP contribution in [-0.4, -0.2) is 23.8 Å². The molecule has 0 aliphatic heterocycles. The van der Waals surface area contributed by atoms with Gasteiger partial charge in [-0.25, -0.2) is 9.59 Å². The topological polar surface area (TPSA) is 105 Å². The Bertz CT molecular complexity index is 686. The van der Waals surface area contributed by atoms with Crippen LogP contribution in [0.2, 0.25) is 0 Å². The molecule has 0 radical (unpaired) electrons. The number of hydrogen-bond acceptors (Lipinski definition) is 5. The van der Waals surface area contributed by atoms with Crippen molar-refractivity contribution in [1.29, 1.82) is 0 Å². The maximum Gasteiger partial charge on any atom is 0.426 e. The van der Waals surface area contributed by atoms with Crippen LogP contribution in [0.3, 0.4) is 0 Å². The fraction of sp³-hybridized carbons (Fsp3) is 0.231. The second-order valence-electron chi connectivity index (χ2n) is 4.12. The lowest BCUT2D eigenvalue weighted by molar-refractivity contribution is -0.750. The van der Waals surface area contributed by atoms with Crippen molar-refractivity contribution in [2.24, 2.45) is 0 Å². The quantitative estimate of drug-likeness (QED) is 0.599. The van der Waals surface area contributed by atoms with Crippen molar-refractivity contribution in [3.63, 3.8) is 0 Å². The molecule has 0 spiro atoms. The highest BCUT2D eigenvalue weighted by Crippen LogP contribution is 2.10. The molecule has 2 N–H and O–H groups in total. The Hall–Kier alpha value is -2.90. The zero-order chi connectivity index (χ0) is 15.2. The highest BCUT2D eigenvalue weighted by Gasteiger charge is 2.13. The molecule has 1 aromatic heterocycles. The zero-order valence-corrected chi connectivity index (χ0v) is 11.3. The molecule has 110 valence electrons. The van der Waals surface area contributed by atoms with E-state index in [9.17, 15) is 14.4 Å². The first-order chi connectivity index (χ1) is 10.1. The number of hydrogen-bond donors (Lipinski definition) is 2. The lowest BCUT2D eigenvalue weighted by Crippen LogP contribution is -2.41. The van der Waals surface area contributed by atoms with Crippen LogP contribution in [-0.2, 0) is 16.1 Å². The molecule has 1 amide bonds. The van der Waals surface area contributed by atoms with Gasteiger partial charge >= 0.3 is 11.6 Å². The predicted octanol–water partition coefficient (Wildman–Crippen LogP) is 0.0708. The van der Waals surface area contributed by atoms with Gasteiger partial charge in [0, 0.05) is 5.69 Å². The standard InChI is InChI=1S/C13H13N3O5/c1-2-20-13(19)9-3-5-10(6-4-9)14-11(17)7-16-8-12(18)21-15-16/h3-6,8H,2,7H2,1H3,(H-,14,15,17,18,19)/p+1. The highest BCUT2D eigenvalue weighted by atomic mass is 16.5. The number of carbonyl (C=O) groups is 2. The Kier molecular flexibility index (Phi) is 4.50. The molecule has 0 unspecified atom stereocenters. The molecule has 1 heterocycles. The summed E-state index contributed by atoms with van der Waals surface area (Å²) in [6.07, 6.45) is 1.13. The predicted molar refractivity (Wildman–Crippen MR) is 70.6 cm³/mol. The molecule has 0 aliphatic rings. The molecular weight excluding hydrogens is 278 g/mol. The summed E-state index contributed by atoms with van der Waals surface area (Å²) in [4.78, 5) is 34.0. The average Bonchev–Trinajstić information content (AvgIpc) is 2.85. The van der Waals surface area contributed by atoms with Gasteiger partial charge in [-0.15, -0.1) is 0 Å². The van der Waals surface area contributed by atoms with Crippen LogP contribution < -0.4 is 15.6 Å². The van der Waals surface area contributed by atoms with E-state index in [1.807, 2.05) is 0 Å². The van der Waals surface area contributed by atoms with E-state index in [2.05, 4.69) is 15.1 Å². The van der Waals surface area contributed by atoms with Crippen molar-refractivity contribution in [3.05, 3.63) is 46.4 Å². The average molecular weight is 292 g/mol. The van der Waals surface area contributed by atoms with E-state index in [0.717, 1.165) is 6.20 Å². The summed E-state index contributed by atoms with van der Waals surface area (Å²) in [5.41, 5.74) is 0.365. The van der Waals surface area contributed by atoms with Crippen LogP contribution in [0.5, 0.6) is 0 Å². The second kappa shape index (κ2) is 6.51. The van der Waals surface area contributed by atoms with Gasteiger partial charge in [0.2, 0.25) is 0 Å². The first-order valence-electron chi connectivity index (χ1n) is 6.23. The fourth-order valence-corrected chi connectivity index (χ4v) is 1.62. The number of nitrogens with one attached hydrogen (secondary N) is 2. The summed E-state index contributed by atoms with van der Waals surface area (Å²) in [6.45, 7) is 1.94. The van der Waals surface area contributed by atoms with Gasteiger partial charge in [0.15, 0.2) is 0 Å². The van der Waals surface area contributed by atoms with Crippen molar-refractivity contribution in [3.8, 4) is 0 Å². The molecular formula is C13H14N3O5+. The molecule has 1 aromatic carbocycles. The number of H-pyrrole nitrogens is 1. The molecule has 8 heteroatoms. The van der Waals surface area contributed by atoms with Gasteiger partial charge in [0.1, 0.15) is 0 Å². The van der Waals surface area contributed by atoms with Gasteiger partial charge in [-0.2, -0.15) is 0 Å². The maximum atomic E-state index is 11.7. The van der Waals surface area contributed by atoms with Gasteiger partial charge < -0.3 is 10.1 Å². The summed E-state index contributed by atoms with van der Waals surface area (Å²) in [7, 11) is 0. The van der Waals surface area contributed by atoms with Gasteiger partial charge in [-0.3, -0.25) is 9.32 Å². The van der Waals surface area contributed by atoms with E-state index in [0.29, 0.717) is 17.9 Å². The molecule has 0 aliphatic carbocycles. The third-order valence-electron chi connectivity index (χ3n) is 2.52. The molecule has 8 nitrogen and oxygen atoms in total. The third kappa shape index (κ3) is 4.03. The Morgan fingerprint density at radius 2 is 2.05 bits per heavy atom. The van der Waals surface area contributed by atoms with Crippen LogP contribution in [0, 0.1) is 0 Å². The number of aromatic nitrogens is 2. The summed E-state index contributed by atoms with van der Waals surface area (Å²) >= 11 is 0. The molecule has 0 bridgehead atoms. The number of benzene rings is 1. The van der Waals surface area contributed by atoms with Crippen LogP contribution in [0.25, 0.3) is 0 Å². The largest absolute Gasteiger partial charge is 0.462 e. The van der Waals surface area contributed by atoms with Crippen molar-refractivity contribution in [1.82, 2.24) is 5.27 Å². The summed E-state index contributed by atoms with van der Waals surface area (Å²) in [5, 5.41) is 4.89. The minimum atomic E-state index is -0.568. The smallest absolute Gasteiger partial charge is 0.426 e. The molecule has 0 saturated carbocycles. The number of rotatable bonds is 5. The van der Waals surface area contributed by atoms with Gasteiger partial charge in [0.25, 0.3) is 18.6 Å². The van der Waals surface area contributed by atoms with E-state index in [4.69, 9.17) is 4.74 Å². The first-order valence-corrected chi connectivity index (χ1v) is 6.23. The molecule has 2 aromatic rings. The fourth-order valence-electron chi connectivity index (χ4n) is 1.62. The Balaban J connectivity index is 1.95. The van der Waals surface area contributed by atoms with Crippen molar-refractivity contribution in [2.75, 3.05) is 11.9 Å². The monoisotopic (exact) mass is 292 g/mol. The Morgan fingerprint density at radius 1 is 1.33 bits per heavy atom. The van der Waals surface area contributed by atoms with Gasteiger partial charge in [-0.05, 0) is 36.5 Å². The van der Waals surface area contributed by atoms with Crippen LogP contribution in [0.15, 0.2) is 39.8 Å². The van der Waals surface area contributed by atoms with Gasteiger partial charge in [-0.1, -0.05) is 4.68 Å². The van der Waals surface area contributed by atoms with E-state index in [1.165, 1.54) is 4.68 Å². The normalized spacial score (nSPS) is 10.1. The number of aromatic amines is 1. The minimum absolute atomic E-state index is 0.0919. The van der Waals surface area contributed by atoms with Crippen LogP contribution in [0.4, 0.5) is 5.69 Å². The number of amides is 1. The molecule has 2 rings (SSSR count). The van der Waals surface area contributed by atoms with Crippen molar-refractivity contribution >= 4 is 17.6 Å². The lowest BCUT2D eigenvalue weighted by Gasteiger charge is -2.04. The highest BCUT2D eigenvalue weighted by molar-refractivity contribution is 5.92. The summed E-state index contributed by atoms with van der Waals surface area (Å²) in [6, 6.07) is 6.29. The minimum Gasteiger partial charge on any atom is -0.462 e. The van der Waals surface area contributed by atoms with E-state index < -0.39 is 11.6 Å². The lowest BCUT2D eigenvalue weighted by atomic mass is 10.2. The number of carbonyl (C=O) groups excluding carboxylic acids is 2. The zero-order valence-electron chi connectivity index (χ0n) is 11.3. The van der Waals surface area contributed by atoms with Crippen molar-refractivity contribution in [2.45, 2.75) is 13.5 Å². The van der Waals surface area contributed by atoms with Crippen LogP contribution in [0.1, 0.15) is 17.3 Å². The summed E-state index contributed by atoms with van der Waals surface area (Å²) in [5.74, 6) is -0.761. The van der Waals surface area contributed by atoms with E-state index >= 15 is 0 Å². The Morgan fingerprint density at radius 3 is 2.62 bits per heavy atom. The molecule has 21 heavy (non-hydrogen) atoms. The van der Waals surface area contributed by atoms with Gasteiger partial charge in [0.05, 0.1) is 12.2 Å².